The van der Waals surface area contributed by atoms with Crippen LogP contribution in [0.5, 0.6) is 11.5 Å². The molecule has 3 rings (SSSR count). The molecule has 0 aliphatic rings. The minimum absolute atomic E-state index is 0.0728. The molecule has 178 valence electrons. The minimum Gasteiger partial charge on any atom is -0.495 e. The lowest BCUT2D eigenvalue weighted by molar-refractivity contribution is -0.113. The van der Waals surface area contributed by atoms with Gasteiger partial charge in [0.05, 0.1) is 25.2 Å². The maximum Gasteiger partial charge on any atom is 0.234 e. The zero-order chi connectivity index (χ0) is 24.2. The third-order valence-corrected chi connectivity index (χ3v) is 5.92. The molecule has 0 saturated heterocycles. The van der Waals surface area contributed by atoms with Crippen LogP contribution < -0.4 is 25.4 Å². The number of amides is 1. The van der Waals surface area contributed by atoms with Crippen molar-refractivity contribution in [2.24, 2.45) is 0 Å². The molecule has 0 unspecified atom stereocenters. The van der Waals surface area contributed by atoms with Crippen molar-refractivity contribution in [1.29, 1.82) is 0 Å². The Hall–Kier alpha value is -3.23. The van der Waals surface area contributed by atoms with Gasteiger partial charge in [0.2, 0.25) is 5.91 Å². The molecule has 0 aliphatic heterocycles. The highest BCUT2D eigenvalue weighted by molar-refractivity contribution is 8.00. The van der Waals surface area contributed by atoms with E-state index in [9.17, 15) is 4.79 Å². The van der Waals surface area contributed by atoms with Gasteiger partial charge in [-0.15, -0.1) is 11.8 Å². The average molecular weight is 496 g/mol. The van der Waals surface area contributed by atoms with Gasteiger partial charge in [-0.1, -0.05) is 31.5 Å². The highest BCUT2D eigenvalue weighted by atomic mass is 32.2. The Labute approximate surface area is 210 Å². The summed E-state index contributed by atoms with van der Waals surface area (Å²) in [5, 5.41) is 9.68. The molecular formula is C26H29N3O3S2. The fraction of sp³-hybridized carbons (Fsp3) is 0.231. The van der Waals surface area contributed by atoms with Gasteiger partial charge in [0.1, 0.15) is 11.5 Å². The highest BCUT2D eigenvalue weighted by Gasteiger charge is 2.07. The van der Waals surface area contributed by atoms with E-state index in [1.54, 1.807) is 7.11 Å². The molecule has 0 aliphatic carbocycles. The second kappa shape index (κ2) is 13.5. The van der Waals surface area contributed by atoms with Crippen molar-refractivity contribution in [2.45, 2.75) is 24.7 Å². The van der Waals surface area contributed by atoms with Crippen LogP contribution in [-0.4, -0.2) is 30.5 Å². The van der Waals surface area contributed by atoms with Crippen LogP contribution in [0.4, 0.5) is 17.1 Å². The lowest BCUT2D eigenvalue weighted by atomic mass is 10.3. The first-order valence-electron chi connectivity index (χ1n) is 11.0. The van der Waals surface area contributed by atoms with Gasteiger partial charge >= 0.3 is 0 Å². The van der Waals surface area contributed by atoms with Crippen molar-refractivity contribution < 1.29 is 14.3 Å². The van der Waals surface area contributed by atoms with E-state index in [-0.39, 0.29) is 5.91 Å². The zero-order valence-corrected chi connectivity index (χ0v) is 20.9. The van der Waals surface area contributed by atoms with Gasteiger partial charge in [-0.2, -0.15) is 0 Å². The average Bonchev–Trinajstić information content (AvgIpc) is 2.84. The minimum atomic E-state index is -0.0728. The number of carbonyl (C=O) groups excluding carboxylic acids is 1. The lowest BCUT2D eigenvalue weighted by Crippen LogP contribution is -2.19. The predicted molar refractivity (Wildman–Crippen MR) is 145 cm³/mol. The maximum absolute atomic E-state index is 12.4. The summed E-state index contributed by atoms with van der Waals surface area (Å²) in [6, 6.07) is 22.8. The molecule has 6 nitrogen and oxygen atoms in total. The zero-order valence-electron chi connectivity index (χ0n) is 19.3. The van der Waals surface area contributed by atoms with E-state index in [0.717, 1.165) is 40.5 Å². The van der Waals surface area contributed by atoms with Gasteiger partial charge in [0, 0.05) is 16.3 Å². The number of hydrogen-bond acceptors (Lipinski definition) is 5. The topological polar surface area (TPSA) is 71.6 Å². The number of unbranched alkanes of at least 4 members (excludes halogenated alkanes) is 1. The molecule has 0 bridgehead atoms. The van der Waals surface area contributed by atoms with Crippen molar-refractivity contribution in [3.05, 3.63) is 72.8 Å². The monoisotopic (exact) mass is 495 g/mol. The number of para-hydroxylation sites is 2. The molecule has 0 atom stereocenters. The summed E-state index contributed by atoms with van der Waals surface area (Å²) < 4.78 is 11.0. The molecule has 8 heteroatoms. The number of anilines is 3. The van der Waals surface area contributed by atoms with E-state index < -0.39 is 0 Å². The molecule has 0 aromatic heterocycles. The molecule has 34 heavy (non-hydrogen) atoms. The maximum atomic E-state index is 12.4. The summed E-state index contributed by atoms with van der Waals surface area (Å²) in [5.41, 5.74) is 2.36. The highest BCUT2D eigenvalue weighted by Crippen LogP contribution is 2.25. The predicted octanol–water partition coefficient (Wildman–Crippen LogP) is 6.41. The van der Waals surface area contributed by atoms with Crippen molar-refractivity contribution >= 4 is 52.1 Å². The van der Waals surface area contributed by atoms with Crippen LogP contribution in [0.15, 0.2) is 77.7 Å². The van der Waals surface area contributed by atoms with Crippen molar-refractivity contribution in [2.75, 3.05) is 35.4 Å². The molecule has 0 radical (unpaired) electrons. The molecule has 3 N–H and O–H groups in total. The number of rotatable bonds is 11. The Morgan fingerprint density at radius 3 is 2.50 bits per heavy atom. The van der Waals surface area contributed by atoms with Crippen LogP contribution >= 0.6 is 24.0 Å². The molecule has 0 fully saturated rings. The second-order valence-electron chi connectivity index (χ2n) is 7.37. The fourth-order valence-corrected chi connectivity index (χ4v) is 3.99. The van der Waals surface area contributed by atoms with E-state index in [0.29, 0.717) is 23.2 Å². The first-order chi connectivity index (χ1) is 16.6. The molecule has 0 spiro atoms. The van der Waals surface area contributed by atoms with Crippen LogP contribution in [0.2, 0.25) is 0 Å². The van der Waals surface area contributed by atoms with Gasteiger partial charge in [0.15, 0.2) is 5.11 Å². The summed E-state index contributed by atoms with van der Waals surface area (Å²) in [5.74, 6) is 1.74. The quantitative estimate of drug-likeness (QED) is 0.161. The summed E-state index contributed by atoms with van der Waals surface area (Å²) in [7, 11) is 1.62. The second-order valence-corrected chi connectivity index (χ2v) is 8.83. The van der Waals surface area contributed by atoms with Crippen molar-refractivity contribution in [3.63, 3.8) is 0 Å². The van der Waals surface area contributed by atoms with Crippen LogP contribution in [0.25, 0.3) is 0 Å². The van der Waals surface area contributed by atoms with Crippen LogP contribution in [0, 0.1) is 0 Å². The summed E-state index contributed by atoms with van der Waals surface area (Å²) in [6.45, 7) is 2.83. The van der Waals surface area contributed by atoms with E-state index in [1.807, 2.05) is 72.8 Å². The molecule has 1 amide bonds. The molecular weight excluding hydrogens is 466 g/mol. The van der Waals surface area contributed by atoms with Crippen LogP contribution in [0.1, 0.15) is 19.8 Å². The Balaban J connectivity index is 1.47. The molecule has 3 aromatic carbocycles. The number of thiocarbonyl (C=S) groups is 1. The number of hydrogen-bond donors (Lipinski definition) is 3. The Kier molecular flexibility index (Phi) is 10.1. The first kappa shape index (κ1) is 25.4. The third-order valence-electron chi connectivity index (χ3n) is 4.72. The number of ether oxygens (including phenoxy) is 2. The first-order valence-corrected chi connectivity index (χ1v) is 12.4. The molecule has 0 saturated carbocycles. The van der Waals surface area contributed by atoms with E-state index in [2.05, 4.69) is 22.9 Å². The van der Waals surface area contributed by atoms with Gasteiger partial charge in [-0.05, 0) is 73.2 Å². The Bertz CT molecular complexity index is 1090. The van der Waals surface area contributed by atoms with E-state index in [1.165, 1.54) is 11.8 Å². The number of nitrogens with one attached hydrogen (secondary N) is 3. The summed E-state index contributed by atoms with van der Waals surface area (Å²) in [6.07, 6.45) is 2.12. The van der Waals surface area contributed by atoms with E-state index >= 15 is 0 Å². The van der Waals surface area contributed by atoms with Crippen molar-refractivity contribution in [3.8, 4) is 11.5 Å². The lowest BCUT2D eigenvalue weighted by Gasteiger charge is -2.14. The fourth-order valence-electron chi connectivity index (χ4n) is 3.01. The van der Waals surface area contributed by atoms with Crippen LogP contribution in [0.3, 0.4) is 0 Å². The standard InChI is InChI=1S/C26H29N3O3S2/c1-3-4-16-32-21-14-12-19(13-15-21)27-25(30)18-34-22-9-7-8-20(17-22)28-26(33)29-23-10-5-6-11-24(23)31-2/h5-15,17H,3-4,16,18H2,1-2H3,(H,27,30)(H2,28,29,33). The Morgan fingerprint density at radius 2 is 1.74 bits per heavy atom. The number of benzene rings is 3. The normalized spacial score (nSPS) is 10.3. The number of carbonyl (C=O) groups is 1. The van der Waals surface area contributed by atoms with Crippen LogP contribution in [-0.2, 0) is 4.79 Å². The number of methoxy groups -OCH3 is 1. The summed E-state index contributed by atoms with van der Waals surface area (Å²) >= 11 is 6.88. The smallest absolute Gasteiger partial charge is 0.234 e. The summed E-state index contributed by atoms with van der Waals surface area (Å²) in [4.78, 5) is 13.3. The molecule has 0 heterocycles. The van der Waals surface area contributed by atoms with Gasteiger partial charge < -0.3 is 25.4 Å². The van der Waals surface area contributed by atoms with Gasteiger partial charge in [0.25, 0.3) is 0 Å². The largest absolute Gasteiger partial charge is 0.495 e. The molecule has 3 aromatic rings. The SMILES string of the molecule is CCCCOc1ccc(NC(=O)CSc2cccc(NC(=S)Nc3ccccc3OC)c2)cc1. The van der Waals surface area contributed by atoms with Gasteiger partial charge in [-0.25, -0.2) is 0 Å². The number of thioether (sulfide) groups is 1. The Morgan fingerprint density at radius 1 is 0.941 bits per heavy atom. The third kappa shape index (κ3) is 8.28. The van der Waals surface area contributed by atoms with E-state index in [4.69, 9.17) is 21.7 Å². The van der Waals surface area contributed by atoms with Gasteiger partial charge in [-0.3, -0.25) is 4.79 Å². The van der Waals surface area contributed by atoms with Crippen molar-refractivity contribution in [1.82, 2.24) is 0 Å².